The Morgan fingerprint density at radius 2 is 1.82 bits per heavy atom. The second-order valence-corrected chi connectivity index (χ2v) is 2.79. The van der Waals surface area contributed by atoms with E-state index >= 15 is 0 Å². The Bertz CT molecular complexity index is 132. The third-order valence-corrected chi connectivity index (χ3v) is 1.42. The molecule has 1 unspecified atom stereocenters. The molecule has 0 spiro atoms. The molecule has 0 radical (unpaired) electrons. The predicted molar refractivity (Wildman–Crippen MR) is 38.9 cm³/mol. The number of aliphatic hydroxyl groups excluding tert-OH is 3. The van der Waals surface area contributed by atoms with Crippen LogP contribution in [0.2, 0.25) is 0 Å². The molecule has 0 rings (SSSR count). The summed E-state index contributed by atoms with van der Waals surface area (Å²) in [5.74, 6) is -0.953. The number of aliphatic hydroxyl groups is 3. The van der Waals surface area contributed by atoms with Gasteiger partial charge in [0.1, 0.15) is 12.2 Å². The lowest BCUT2D eigenvalue weighted by molar-refractivity contribution is -0.139. The average Bonchev–Trinajstić information content (AvgIpc) is 2.00. The summed E-state index contributed by atoms with van der Waals surface area (Å²) in [7, 11) is 0. The average molecular weight is 162 g/mol. The highest BCUT2D eigenvalue weighted by atomic mass is 16.3. The fourth-order valence-electron chi connectivity index (χ4n) is 0.616. The monoisotopic (exact) mass is 162 g/mol. The Kier molecular flexibility index (Phi) is 4.25. The van der Waals surface area contributed by atoms with Crippen molar-refractivity contribution < 1.29 is 20.1 Å². The van der Waals surface area contributed by atoms with E-state index in [1.807, 2.05) is 0 Å². The SMILES string of the molecule is CC(C)C(O)C(=O)[C@H](O)CO. The van der Waals surface area contributed by atoms with E-state index in [0.717, 1.165) is 0 Å². The van der Waals surface area contributed by atoms with Gasteiger partial charge < -0.3 is 15.3 Å². The third-order valence-electron chi connectivity index (χ3n) is 1.42. The first-order valence-electron chi connectivity index (χ1n) is 3.51. The van der Waals surface area contributed by atoms with Gasteiger partial charge in [-0.15, -0.1) is 0 Å². The van der Waals surface area contributed by atoms with Gasteiger partial charge in [0.2, 0.25) is 0 Å². The van der Waals surface area contributed by atoms with Crippen LogP contribution in [0.25, 0.3) is 0 Å². The predicted octanol–water partition coefficient (Wildman–Crippen LogP) is -1.07. The number of Topliss-reactive ketones (excluding diaryl/α,β-unsaturated/α-hetero) is 1. The van der Waals surface area contributed by atoms with Gasteiger partial charge in [-0.2, -0.15) is 0 Å². The number of carbonyl (C=O) groups excluding carboxylic acids is 1. The summed E-state index contributed by atoms with van der Waals surface area (Å²) < 4.78 is 0. The van der Waals surface area contributed by atoms with E-state index in [-0.39, 0.29) is 5.92 Å². The van der Waals surface area contributed by atoms with Crippen molar-refractivity contribution >= 4 is 5.78 Å². The van der Waals surface area contributed by atoms with Crippen LogP contribution in [0.15, 0.2) is 0 Å². The summed E-state index contributed by atoms with van der Waals surface area (Å²) >= 11 is 0. The van der Waals surface area contributed by atoms with Crippen LogP contribution in [0.4, 0.5) is 0 Å². The maximum atomic E-state index is 10.9. The van der Waals surface area contributed by atoms with Crippen molar-refractivity contribution in [2.45, 2.75) is 26.1 Å². The van der Waals surface area contributed by atoms with Crippen LogP contribution in [0.1, 0.15) is 13.8 Å². The molecule has 2 atom stereocenters. The van der Waals surface area contributed by atoms with E-state index in [2.05, 4.69) is 0 Å². The molecule has 0 aromatic rings. The highest BCUT2D eigenvalue weighted by molar-refractivity contribution is 5.87. The fourth-order valence-corrected chi connectivity index (χ4v) is 0.616. The number of hydrogen-bond donors (Lipinski definition) is 3. The molecule has 0 aliphatic rings. The van der Waals surface area contributed by atoms with Crippen molar-refractivity contribution in [3.05, 3.63) is 0 Å². The molecule has 0 aromatic heterocycles. The van der Waals surface area contributed by atoms with Crippen molar-refractivity contribution in [3.63, 3.8) is 0 Å². The van der Waals surface area contributed by atoms with Crippen molar-refractivity contribution in [2.75, 3.05) is 6.61 Å². The Hall–Kier alpha value is -0.450. The molecule has 0 saturated heterocycles. The Morgan fingerprint density at radius 1 is 1.36 bits per heavy atom. The maximum absolute atomic E-state index is 10.9. The minimum absolute atomic E-state index is 0.233. The molecular formula is C7H14O4. The van der Waals surface area contributed by atoms with Crippen LogP contribution in [-0.2, 0) is 4.79 Å². The van der Waals surface area contributed by atoms with E-state index in [1.165, 1.54) is 0 Å². The van der Waals surface area contributed by atoms with E-state index in [0.29, 0.717) is 0 Å². The topological polar surface area (TPSA) is 77.8 Å². The smallest absolute Gasteiger partial charge is 0.192 e. The van der Waals surface area contributed by atoms with Gasteiger partial charge in [-0.25, -0.2) is 0 Å². The van der Waals surface area contributed by atoms with E-state index in [4.69, 9.17) is 15.3 Å². The highest BCUT2D eigenvalue weighted by Crippen LogP contribution is 2.04. The van der Waals surface area contributed by atoms with Gasteiger partial charge in [0.05, 0.1) is 6.61 Å². The number of ketones is 1. The lowest BCUT2D eigenvalue weighted by atomic mass is 10.0. The standard InChI is InChI=1S/C7H14O4/c1-4(2)6(10)7(11)5(9)3-8/h4-6,8-10H,3H2,1-2H3/t5-,6?/m1/s1. The lowest BCUT2D eigenvalue weighted by Gasteiger charge is -2.15. The van der Waals surface area contributed by atoms with Crippen molar-refractivity contribution in [2.24, 2.45) is 5.92 Å². The minimum atomic E-state index is -1.45. The Labute approximate surface area is 65.5 Å². The zero-order valence-corrected chi connectivity index (χ0v) is 6.69. The Balaban J connectivity index is 4.02. The van der Waals surface area contributed by atoms with E-state index < -0.39 is 24.6 Å². The zero-order chi connectivity index (χ0) is 9.02. The Morgan fingerprint density at radius 3 is 2.09 bits per heavy atom. The van der Waals surface area contributed by atoms with Crippen molar-refractivity contribution in [3.8, 4) is 0 Å². The first-order chi connectivity index (χ1) is 5.00. The molecule has 11 heavy (non-hydrogen) atoms. The second kappa shape index (κ2) is 4.43. The molecule has 0 fully saturated rings. The van der Waals surface area contributed by atoms with E-state index in [9.17, 15) is 4.79 Å². The quantitative estimate of drug-likeness (QED) is 0.491. The summed E-state index contributed by atoms with van der Waals surface area (Å²) in [5.41, 5.74) is 0. The van der Waals surface area contributed by atoms with Crippen LogP contribution in [-0.4, -0.2) is 39.9 Å². The third kappa shape index (κ3) is 2.96. The van der Waals surface area contributed by atoms with Gasteiger partial charge >= 0.3 is 0 Å². The summed E-state index contributed by atoms with van der Waals surface area (Å²) in [5, 5.41) is 26.2. The molecule has 4 heteroatoms. The van der Waals surface area contributed by atoms with Gasteiger partial charge in [0.15, 0.2) is 5.78 Å². The van der Waals surface area contributed by atoms with Crippen LogP contribution in [0.3, 0.4) is 0 Å². The molecule has 66 valence electrons. The van der Waals surface area contributed by atoms with Gasteiger partial charge in [-0.05, 0) is 5.92 Å². The molecular weight excluding hydrogens is 148 g/mol. The maximum Gasteiger partial charge on any atom is 0.192 e. The van der Waals surface area contributed by atoms with Crippen molar-refractivity contribution in [1.82, 2.24) is 0 Å². The molecule has 0 amide bonds. The van der Waals surface area contributed by atoms with Crippen molar-refractivity contribution in [1.29, 1.82) is 0 Å². The van der Waals surface area contributed by atoms with Gasteiger partial charge in [0, 0.05) is 0 Å². The first-order valence-corrected chi connectivity index (χ1v) is 3.51. The molecule has 3 N–H and O–H groups in total. The molecule has 0 saturated carbocycles. The van der Waals surface area contributed by atoms with Crippen LogP contribution >= 0.6 is 0 Å². The lowest BCUT2D eigenvalue weighted by Crippen LogP contribution is -2.37. The number of carbonyl (C=O) groups is 1. The fraction of sp³-hybridized carbons (Fsp3) is 0.857. The number of hydrogen-bond acceptors (Lipinski definition) is 4. The summed E-state index contributed by atoms with van der Waals surface area (Å²) in [6, 6.07) is 0. The van der Waals surface area contributed by atoms with Gasteiger partial charge in [-0.3, -0.25) is 4.79 Å². The van der Waals surface area contributed by atoms with Crippen LogP contribution in [0, 0.1) is 5.92 Å². The molecule has 4 nitrogen and oxygen atoms in total. The second-order valence-electron chi connectivity index (χ2n) is 2.79. The van der Waals surface area contributed by atoms with Crippen LogP contribution in [0.5, 0.6) is 0 Å². The molecule has 0 heterocycles. The molecule has 0 aromatic carbocycles. The molecule has 0 aliphatic heterocycles. The minimum Gasteiger partial charge on any atom is -0.393 e. The van der Waals surface area contributed by atoms with Gasteiger partial charge in [-0.1, -0.05) is 13.8 Å². The normalized spacial score (nSPS) is 16.5. The molecule has 0 aliphatic carbocycles. The number of rotatable bonds is 4. The summed E-state index contributed by atoms with van der Waals surface area (Å²) in [6.07, 6.45) is -2.63. The largest absolute Gasteiger partial charge is 0.393 e. The van der Waals surface area contributed by atoms with Crippen LogP contribution < -0.4 is 0 Å². The molecule has 0 bridgehead atoms. The van der Waals surface area contributed by atoms with Gasteiger partial charge in [0.25, 0.3) is 0 Å². The first kappa shape index (κ1) is 10.6. The summed E-state index contributed by atoms with van der Waals surface area (Å²) in [4.78, 5) is 10.9. The summed E-state index contributed by atoms with van der Waals surface area (Å²) in [6.45, 7) is 2.68. The zero-order valence-electron chi connectivity index (χ0n) is 6.69. The van der Waals surface area contributed by atoms with E-state index in [1.54, 1.807) is 13.8 Å². The highest BCUT2D eigenvalue weighted by Gasteiger charge is 2.24.